The molecule has 4 nitrogen and oxygen atoms in total. The summed E-state index contributed by atoms with van der Waals surface area (Å²) in [6.45, 7) is 7.61. The lowest BCUT2D eigenvalue weighted by atomic mass is 10.1. The normalized spacial score (nSPS) is 9.95. The first-order valence-electron chi connectivity index (χ1n) is 7.02. The van der Waals surface area contributed by atoms with E-state index in [1.54, 1.807) is 0 Å². The lowest BCUT2D eigenvalue weighted by Crippen LogP contribution is -2.42. The lowest BCUT2D eigenvalue weighted by molar-refractivity contribution is -0.121. The smallest absolute Gasteiger partial charge is 0.239 e. The van der Waals surface area contributed by atoms with E-state index >= 15 is 0 Å². The molecule has 5 heteroatoms. The molecule has 1 amide bonds. The third kappa shape index (κ3) is 5.17. The van der Waals surface area contributed by atoms with E-state index in [9.17, 15) is 4.79 Å². The number of thiocarbonyl (C=S) groups is 1. The Kier molecular flexibility index (Phi) is 7.01. The summed E-state index contributed by atoms with van der Waals surface area (Å²) < 4.78 is 0. The molecule has 0 radical (unpaired) electrons. The van der Waals surface area contributed by atoms with Crippen LogP contribution in [0.1, 0.15) is 26.3 Å². The van der Waals surface area contributed by atoms with Gasteiger partial charge in [0.15, 0.2) is 5.11 Å². The first-order chi connectivity index (χ1) is 9.60. The zero-order valence-corrected chi connectivity index (χ0v) is 13.2. The van der Waals surface area contributed by atoms with Crippen LogP contribution in [0.15, 0.2) is 24.3 Å². The van der Waals surface area contributed by atoms with Gasteiger partial charge in [-0.1, -0.05) is 19.1 Å². The zero-order valence-electron chi connectivity index (χ0n) is 12.4. The Morgan fingerprint density at radius 3 is 2.35 bits per heavy atom. The van der Waals surface area contributed by atoms with Crippen molar-refractivity contribution in [2.45, 2.75) is 27.2 Å². The Balaban J connectivity index is 2.59. The van der Waals surface area contributed by atoms with Gasteiger partial charge in [0.05, 0.1) is 6.54 Å². The molecule has 0 fully saturated rings. The topological polar surface area (TPSA) is 44.4 Å². The van der Waals surface area contributed by atoms with Crippen LogP contribution in [-0.2, 0) is 11.2 Å². The molecule has 0 aromatic heterocycles. The van der Waals surface area contributed by atoms with Crippen molar-refractivity contribution in [2.75, 3.05) is 25.0 Å². The Morgan fingerprint density at radius 1 is 1.20 bits per heavy atom. The number of likely N-dealkylation sites (N-methyl/N-ethyl adjacent to an activating group) is 2. The van der Waals surface area contributed by atoms with Crippen molar-refractivity contribution in [3.05, 3.63) is 29.8 Å². The summed E-state index contributed by atoms with van der Waals surface area (Å²) in [5.74, 6) is -0.0140. The molecule has 0 unspecified atom stereocenters. The fourth-order valence-electron chi connectivity index (χ4n) is 1.78. The first-order valence-corrected chi connectivity index (χ1v) is 7.43. The molecular weight excluding hydrogens is 270 g/mol. The number of aryl methyl sites for hydroxylation is 1. The third-order valence-electron chi connectivity index (χ3n) is 2.99. The summed E-state index contributed by atoms with van der Waals surface area (Å²) in [5, 5.41) is 6.52. The highest BCUT2D eigenvalue weighted by Gasteiger charge is 2.11. The number of carbonyl (C=O) groups is 1. The van der Waals surface area contributed by atoms with Crippen LogP contribution in [0.5, 0.6) is 0 Å². The summed E-state index contributed by atoms with van der Waals surface area (Å²) in [6, 6.07) is 8.16. The van der Waals surface area contributed by atoms with Gasteiger partial charge in [0, 0.05) is 18.8 Å². The van der Waals surface area contributed by atoms with Gasteiger partial charge in [0.2, 0.25) is 5.91 Å². The van der Waals surface area contributed by atoms with Crippen molar-refractivity contribution in [1.29, 1.82) is 0 Å². The van der Waals surface area contributed by atoms with Gasteiger partial charge in [-0.15, -0.1) is 0 Å². The number of anilines is 1. The Labute approximate surface area is 126 Å². The Morgan fingerprint density at radius 2 is 1.85 bits per heavy atom. The number of benzene rings is 1. The third-order valence-corrected chi connectivity index (χ3v) is 3.35. The molecule has 20 heavy (non-hydrogen) atoms. The molecule has 2 N–H and O–H groups in total. The van der Waals surface area contributed by atoms with Crippen LogP contribution >= 0.6 is 12.2 Å². The minimum Gasteiger partial charge on any atom is -0.355 e. The lowest BCUT2D eigenvalue weighted by Gasteiger charge is -2.23. The maximum atomic E-state index is 11.6. The molecule has 0 spiro atoms. The van der Waals surface area contributed by atoms with Gasteiger partial charge in [-0.05, 0) is 50.2 Å². The second-order valence-electron chi connectivity index (χ2n) is 4.45. The first kappa shape index (κ1) is 16.4. The minimum absolute atomic E-state index is 0.0140. The van der Waals surface area contributed by atoms with Crippen molar-refractivity contribution in [1.82, 2.24) is 10.2 Å². The number of amides is 1. The Bertz CT molecular complexity index is 445. The van der Waals surface area contributed by atoms with Gasteiger partial charge >= 0.3 is 0 Å². The van der Waals surface area contributed by atoms with Gasteiger partial charge in [0.1, 0.15) is 0 Å². The van der Waals surface area contributed by atoms with E-state index in [0.29, 0.717) is 18.2 Å². The average molecular weight is 293 g/mol. The molecule has 0 saturated heterocycles. The standard InChI is InChI=1S/C15H23N3OS/c1-4-12-7-9-13(10-8-12)17-15(20)18(6-3)11-14(19)16-5-2/h7-10H,4-6,11H2,1-3H3,(H,16,19)(H,17,20). The van der Waals surface area contributed by atoms with Crippen LogP contribution in [0.4, 0.5) is 5.69 Å². The van der Waals surface area contributed by atoms with Crippen LogP contribution in [0, 0.1) is 0 Å². The number of hydrogen-bond acceptors (Lipinski definition) is 2. The number of hydrogen-bond donors (Lipinski definition) is 2. The van der Waals surface area contributed by atoms with Gasteiger partial charge < -0.3 is 15.5 Å². The van der Waals surface area contributed by atoms with E-state index in [4.69, 9.17) is 12.2 Å². The molecule has 0 aliphatic carbocycles. The van der Waals surface area contributed by atoms with Crippen LogP contribution in [0.3, 0.4) is 0 Å². The summed E-state index contributed by atoms with van der Waals surface area (Å²) in [4.78, 5) is 13.5. The number of carbonyl (C=O) groups excluding carboxylic acids is 1. The molecule has 0 aliphatic rings. The second-order valence-corrected chi connectivity index (χ2v) is 4.84. The van der Waals surface area contributed by atoms with Gasteiger partial charge in [-0.3, -0.25) is 4.79 Å². The van der Waals surface area contributed by atoms with Crippen molar-refractivity contribution < 1.29 is 4.79 Å². The number of nitrogens with zero attached hydrogens (tertiary/aromatic N) is 1. The monoisotopic (exact) mass is 293 g/mol. The highest BCUT2D eigenvalue weighted by atomic mass is 32.1. The molecular formula is C15H23N3OS. The van der Waals surface area contributed by atoms with E-state index in [1.165, 1.54) is 5.56 Å². The molecule has 0 heterocycles. The van der Waals surface area contributed by atoms with Crippen molar-refractivity contribution >= 4 is 28.9 Å². The van der Waals surface area contributed by atoms with Crippen LogP contribution in [0.2, 0.25) is 0 Å². The molecule has 0 aliphatic heterocycles. The average Bonchev–Trinajstić information content (AvgIpc) is 2.45. The predicted octanol–water partition coefficient (Wildman–Crippen LogP) is 2.40. The van der Waals surface area contributed by atoms with E-state index in [0.717, 1.165) is 12.1 Å². The predicted molar refractivity (Wildman–Crippen MR) is 88.0 cm³/mol. The fraction of sp³-hybridized carbons (Fsp3) is 0.467. The van der Waals surface area contributed by atoms with Crippen molar-refractivity contribution in [3.8, 4) is 0 Å². The van der Waals surface area contributed by atoms with Gasteiger partial charge in [0.25, 0.3) is 0 Å². The molecule has 0 bridgehead atoms. The highest BCUT2D eigenvalue weighted by molar-refractivity contribution is 7.80. The van der Waals surface area contributed by atoms with E-state index in [1.807, 2.05) is 30.9 Å². The Hall–Kier alpha value is -1.62. The molecule has 1 aromatic rings. The summed E-state index contributed by atoms with van der Waals surface area (Å²) in [5.41, 5.74) is 2.23. The molecule has 1 aromatic carbocycles. The quantitative estimate of drug-likeness (QED) is 0.791. The van der Waals surface area contributed by atoms with E-state index in [2.05, 4.69) is 29.7 Å². The van der Waals surface area contributed by atoms with Crippen molar-refractivity contribution in [3.63, 3.8) is 0 Å². The van der Waals surface area contributed by atoms with Gasteiger partial charge in [-0.2, -0.15) is 0 Å². The van der Waals surface area contributed by atoms with Gasteiger partial charge in [-0.25, -0.2) is 0 Å². The largest absolute Gasteiger partial charge is 0.355 e. The minimum atomic E-state index is -0.0140. The molecule has 1 rings (SSSR count). The van der Waals surface area contributed by atoms with Crippen LogP contribution in [0.25, 0.3) is 0 Å². The number of rotatable bonds is 6. The summed E-state index contributed by atoms with van der Waals surface area (Å²) in [7, 11) is 0. The fourth-order valence-corrected chi connectivity index (χ4v) is 2.09. The molecule has 110 valence electrons. The second kappa shape index (κ2) is 8.53. The van der Waals surface area contributed by atoms with Crippen LogP contribution in [-0.4, -0.2) is 35.6 Å². The SMILES string of the molecule is CCNC(=O)CN(CC)C(=S)Nc1ccc(CC)cc1. The zero-order chi connectivity index (χ0) is 15.0. The molecule has 0 saturated carbocycles. The summed E-state index contributed by atoms with van der Waals surface area (Å²) in [6.07, 6.45) is 1.02. The maximum Gasteiger partial charge on any atom is 0.239 e. The number of nitrogens with one attached hydrogen (secondary N) is 2. The highest BCUT2D eigenvalue weighted by Crippen LogP contribution is 2.10. The van der Waals surface area contributed by atoms with E-state index in [-0.39, 0.29) is 12.5 Å². The van der Waals surface area contributed by atoms with Crippen molar-refractivity contribution in [2.24, 2.45) is 0 Å². The molecule has 0 atom stereocenters. The summed E-state index contributed by atoms with van der Waals surface area (Å²) >= 11 is 5.36. The maximum absolute atomic E-state index is 11.6. The van der Waals surface area contributed by atoms with Crippen LogP contribution < -0.4 is 10.6 Å². The van der Waals surface area contributed by atoms with E-state index < -0.39 is 0 Å².